The van der Waals surface area contributed by atoms with Crippen LogP contribution in [0.2, 0.25) is 0 Å². The van der Waals surface area contributed by atoms with E-state index >= 15 is 0 Å². The van der Waals surface area contributed by atoms with Gasteiger partial charge in [0.1, 0.15) is 12.1 Å². The van der Waals surface area contributed by atoms with E-state index in [0.29, 0.717) is 5.75 Å². The van der Waals surface area contributed by atoms with Crippen molar-refractivity contribution in [3.8, 4) is 5.75 Å². The highest BCUT2D eigenvalue weighted by atomic mass is 16.6. The number of carbonyl (C=O) groups is 1. The fourth-order valence-electron chi connectivity index (χ4n) is 3.37. The van der Waals surface area contributed by atoms with Gasteiger partial charge in [-0.3, -0.25) is 25.8 Å². The van der Waals surface area contributed by atoms with Crippen molar-refractivity contribution in [1.82, 2.24) is 15.4 Å². The van der Waals surface area contributed by atoms with Crippen molar-refractivity contribution in [3.05, 3.63) is 119 Å². The first-order chi connectivity index (χ1) is 17.1. The average Bonchev–Trinajstić information content (AvgIpc) is 2.90. The van der Waals surface area contributed by atoms with Crippen LogP contribution < -0.4 is 20.9 Å². The highest BCUT2D eigenvalue weighted by Crippen LogP contribution is 2.33. The van der Waals surface area contributed by atoms with E-state index in [1.54, 1.807) is 24.3 Å². The first-order valence-electron chi connectivity index (χ1n) is 10.7. The summed E-state index contributed by atoms with van der Waals surface area (Å²) >= 11 is 0. The van der Waals surface area contributed by atoms with Gasteiger partial charge in [0.2, 0.25) is 11.6 Å². The number of rotatable bonds is 10. The number of hydrogen-bond acceptors (Lipinski definition) is 8. The molecule has 1 aromatic heterocycles. The smallest absolute Gasteiger partial charge is 0.354 e. The van der Waals surface area contributed by atoms with Crippen LogP contribution in [0.15, 0.2) is 97.3 Å². The number of carbonyl (C=O) groups excluding carboxylic acids is 1. The number of benzene rings is 3. The van der Waals surface area contributed by atoms with Crippen molar-refractivity contribution in [2.75, 3.05) is 17.3 Å². The molecule has 35 heavy (non-hydrogen) atoms. The molecule has 4 rings (SSSR count). The summed E-state index contributed by atoms with van der Waals surface area (Å²) in [6.07, 6.45) is 1.18. The van der Waals surface area contributed by atoms with E-state index in [2.05, 4.69) is 26.1 Å². The van der Waals surface area contributed by atoms with Crippen LogP contribution >= 0.6 is 0 Å². The molecular weight excluding hydrogens is 448 g/mol. The molecule has 3 aromatic carbocycles. The lowest BCUT2D eigenvalue weighted by Crippen LogP contribution is -2.34. The molecule has 4 aromatic rings. The van der Waals surface area contributed by atoms with Crippen LogP contribution in [0.1, 0.15) is 17.2 Å². The fourth-order valence-corrected chi connectivity index (χ4v) is 3.37. The number of nitro groups is 1. The monoisotopic (exact) mass is 470 g/mol. The Morgan fingerprint density at radius 1 is 0.857 bits per heavy atom. The number of amides is 1. The summed E-state index contributed by atoms with van der Waals surface area (Å²) in [5.74, 6) is -0.182. The van der Waals surface area contributed by atoms with Crippen LogP contribution in [0.4, 0.5) is 17.3 Å². The number of nitrogens with zero attached hydrogens (tertiary/aromatic N) is 3. The molecule has 10 nitrogen and oxygen atoms in total. The second-order valence-electron chi connectivity index (χ2n) is 7.35. The summed E-state index contributed by atoms with van der Waals surface area (Å²) in [6.45, 7) is -0.287. The van der Waals surface area contributed by atoms with Crippen LogP contribution in [-0.4, -0.2) is 27.4 Å². The van der Waals surface area contributed by atoms with E-state index in [9.17, 15) is 14.9 Å². The largest absolute Gasteiger partial charge is 0.484 e. The minimum absolute atomic E-state index is 0.00000865. The second-order valence-corrected chi connectivity index (χ2v) is 7.35. The molecular formula is C25H22N6O4. The molecule has 0 atom stereocenters. The summed E-state index contributed by atoms with van der Waals surface area (Å²) < 4.78 is 5.38. The van der Waals surface area contributed by atoms with Crippen LogP contribution in [0.3, 0.4) is 0 Å². The molecule has 0 saturated carbocycles. The molecule has 10 heteroatoms. The van der Waals surface area contributed by atoms with Gasteiger partial charge in [-0.2, -0.15) is 0 Å². The van der Waals surface area contributed by atoms with Gasteiger partial charge in [-0.25, -0.2) is 9.97 Å². The number of para-hydroxylation sites is 1. The van der Waals surface area contributed by atoms with Gasteiger partial charge < -0.3 is 10.1 Å². The minimum atomic E-state index is -0.607. The van der Waals surface area contributed by atoms with Crippen LogP contribution in [-0.2, 0) is 4.79 Å². The average molecular weight is 470 g/mol. The Kier molecular flexibility index (Phi) is 7.44. The van der Waals surface area contributed by atoms with Gasteiger partial charge in [0.15, 0.2) is 6.61 Å². The molecule has 3 N–H and O–H groups in total. The van der Waals surface area contributed by atoms with Gasteiger partial charge in [0.25, 0.3) is 5.91 Å². The van der Waals surface area contributed by atoms with E-state index in [0.717, 1.165) is 11.1 Å². The molecule has 0 radical (unpaired) electrons. The molecule has 0 bridgehead atoms. The molecule has 1 amide bonds. The number of anilines is 2. The molecule has 176 valence electrons. The summed E-state index contributed by atoms with van der Waals surface area (Å²) in [7, 11) is 0. The van der Waals surface area contributed by atoms with E-state index in [1.807, 2.05) is 66.7 Å². The lowest BCUT2D eigenvalue weighted by atomic mass is 9.99. The summed E-state index contributed by atoms with van der Waals surface area (Å²) in [5.41, 5.74) is 6.27. The predicted molar refractivity (Wildman–Crippen MR) is 131 cm³/mol. The van der Waals surface area contributed by atoms with Gasteiger partial charge >= 0.3 is 5.69 Å². The highest BCUT2D eigenvalue weighted by molar-refractivity contribution is 5.80. The Labute approximate surface area is 201 Å². The summed E-state index contributed by atoms with van der Waals surface area (Å²) in [6, 6.07) is 27.4. The van der Waals surface area contributed by atoms with Gasteiger partial charge in [0, 0.05) is 0 Å². The zero-order valence-electron chi connectivity index (χ0n) is 18.5. The molecule has 0 unspecified atom stereocenters. The molecule has 0 aliphatic carbocycles. The zero-order valence-corrected chi connectivity index (χ0v) is 18.5. The standard InChI is InChI=1S/C25H22N6O4/c32-21(16-35-20-14-8-3-9-15-20)29-30-25-23(31(33)34)24(26-17-27-25)28-22(18-10-4-1-5-11-18)19-12-6-2-7-13-19/h1-15,17,22H,16H2,(H,29,32)(H2,26,27,28,30). The maximum atomic E-state index is 12.2. The minimum Gasteiger partial charge on any atom is -0.484 e. The van der Waals surface area contributed by atoms with Gasteiger partial charge in [-0.1, -0.05) is 78.9 Å². The first-order valence-corrected chi connectivity index (χ1v) is 10.7. The Hall–Kier alpha value is -4.99. The quantitative estimate of drug-likeness (QED) is 0.233. The number of aromatic nitrogens is 2. The Balaban J connectivity index is 1.53. The fraction of sp³-hybridized carbons (Fsp3) is 0.0800. The van der Waals surface area contributed by atoms with E-state index < -0.39 is 22.6 Å². The zero-order chi connectivity index (χ0) is 24.5. The topological polar surface area (TPSA) is 131 Å². The maximum absolute atomic E-state index is 12.2. The lowest BCUT2D eigenvalue weighted by molar-refractivity contribution is -0.383. The summed E-state index contributed by atoms with van der Waals surface area (Å²) in [4.78, 5) is 31.6. The third-order valence-electron chi connectivity index (χ3n) is 4.99. The molecule has 0 aliphatic rings. The maximum Gasteiger partial charge on any atom is 0.354 e. The number of hydrogen-bond donors (Lipinski definition) is 3. The molecule has 1 heterocycles. The Morgan fingerprint density at radius 3 is 1.97 bits per heavy atom. The third kappa shape index (κ3) is 6.08. The summed E-state index contributed by atoms with van der Waals surface area (Å²) in [5, 5.41) is 15.1. The lowest BCUT2D eigenvalue weighted by Gasteiger charge is -2.20. The Morgan fingerprint density at radius 2 is 1.40 bits per heavy atom. The molecule has 0 fully saturated rings. The van der Waals surface area contributed by atoms with Crippen molar-refractivity contribution >= 4 is 23.2 Å². The predicted octanol–water partition coefficient (Wildman–Crippen LogP) is 4.11. The van der Waals surface area contributed by atoms with Gasteiger partial charge in [-0.15, -0.1) is 0 Å². The second kappa shape index (κ2) is 11.2. The Bertz CT molecular complexity index is 1230. The number of nitrogens with one attached hydrogen (secondary N) is 3. The normalized spacial score (nSPS) is 10.4. The molecule has 0 aliphatic heterocycles. The van der Waals surface area contributed by atoms with Gasteiger partial charge in [-0.05, 0) is 23.3 Å². The SMILES string of the molecule is O=C(COc1ccccc1)NNc1ncnc(NC(c2ccccc2)c2ccccc2)c1[N+](=O)[O-]. The van der Waals surface area contributed by atoms with E-state index in [-0.39, 0.29) is 18.2 Å². The van der Waals surface area contributed by atoms with Crippen molar-refractivity contribution in [3.63, 3.8) is 0 Å². The van der Waals surface area contributed by atoms with Crippen molar-refractivity contribution in [1.29, 1.82) is 0 Å². The van der Waals surface area contributed by atoms with Crippen molar-refractivity contribution < 1.29 is 14.5 Å². The third-order valence-corrected chi connectivity index (χ3v) is 4.99. The van der Waals surface area contributed by atoms with Crippen molar-refractivity contribution in [2.24, 2.45) is 0 Å². The van der Waals surface area contributed by atoms with E-state index in [1.165, 1.54) is 6.33 Å². The van der Waals surface area contributed by atoms with E-state index in [4.69, 9.17) is 4.74 Å². The highest BCUT2D eigenvalue weighted by Gasteiger charge is 2.26. The van der Waals surface area contributed by atoms with Gasteiger partial charge in [0.05, 0.1) is 11.0 Å². The van der Waals surface area contributed by atoms with Crippen LogP contribution in [0.5, 0.6) is 5.75 Å². The number of ether oxygens (including phenoxy) is 1. The number of hydrazine groups is 1. The van der Waals surface area contributed by atoms with Crippen molar-refractivity contribution in [2.45, 2.75) is 6.04 Å². The first kappa shape index (κ1) is 23.2. The van der Waals surface area contributed by atoms with Crippen LogP contribution in [0, 0.1) is 10.1 Å². The van der Waals surface area contributed by atoms with Crippen LogP contribution in [0.25, 0.3) is 0 Å². The molecule has 0 saturated heterocycles. The molecule has 0 spiro atoms.